The minimum atomic E-state index is -0.496. The number of pyridine rings is 1. The van der Waals surface area contributed by atoms with Crippen LogP contribution in [0.3, 0.4) is 0 Å². The summed E-state index contributed by atoms with van der Waals surface area (Å²) in [5.41, 5.74) is 2.09. The van der Waals surface area contributed by atoms with Gasteiger partial charge >= 0.3 is 0 Å². The van der Waals surface area contributed by atoms with E-state index in [0.29, 0.717) is 19.4 Å². The van der Waals surface area contributed by atoms with Gasteiger partial charge in [0.05, 0.1) is 6.54 Å². The van der Waals surface area contributed by atoms with Gasteiger partial charge in [0, 0.05) is 23.2 Å². The molecule has 1 amide bonds. The van der Waals surface area contributed by atoms with E-state index >= 15 is 0 Å². The minimum absolute atomic E-state index is 0.256. The van der Waals surface area contributed by atoms with Gasteiger partial charge in [-0.3, -0.25) is 14.6 Å². The molecule has 4 nitrogen and oxygen atoms in total. The van der Waals surface area contributed by atoms with Gasteiger partial charge in [-0.05, 0) is 48.9 Å². The number of ketones is 1. The Kier molecular flexibility index (Phi) is 5.63. The lowest BCUT2D eigenvalue weighted by Crippen LogP contribution is -2.30. The number of rotatable bonds is 7. The van der Waals surface area contributed by atoms with Crippen molar-refractivity contribution in [2.24, 2.45) is 0 Å². The number of Topliss-reactive ketones (excluding diaryl/α,β-unsaturated/α-hetero) is 1. The predicted octanol–water partition coefficient (Wildman–Crippen LogP) is 2.66. The quantitative estimate of drug-likeness (QED) is 0.800. The van der Waals surface area contributed by atoms with Crippen LogP contribution in [0.25, 0.3) is 0 Å². The van der Waals surface area contributed by atoms with Crippen LogP contribution in [-0.4, -0.2) is 16.7 Å². The van der Waals surface area contributed by atoms with E-state index < -0.39 is 5.91 Å². The second-order valence-electron chi connectivity index (χ2n) is 4.81. The van der Waals surface area contributed by atoms with Crippen molar-refractivity contribution >= 4 is 23.0 Å². The fraction of sp³-hybridized carbons (Fsp3) is 0.312. The summed E-state index contributed by atoms with van der Waals surface area (Å²) < 4.78 is 0. The molecule has 2 heterocycles. The van der Waals surface area contributed by atoms with E-state index in [1.54, 1.807) is 17.5 Å². The van der Waals surface area contributed by atoms with Crippen LogP contribution >= 0.6 is 11.3 Å². The lowest BCUT2D eigenvalue weighted by atomic mass is 10.1. The van der Waals surface area contributed by atoms with Crippen molar-refractivity contribution in [2.45, 2.75) is 32.7 Å². The summed E-state index contributed by atoms with van der Waals surface area (Å²) in [6.45, 7) is 2.42. The zero-order chi connectivity index (χ0) is 15.1. The van der Waals surface area contributed by atoms with Crippen LogP contribution < -0.4 is 5.32 Å². The van der Waals surface area contributed by atoms with Crippen molar-refractivity contribution in [3.63, 3.8) is 0 Å². The van der Waals surface area contributed by atoms with E-state index in [0.717, 1.165) is 16.1 Å². The zero-order valence-corrected chi connectivity index (χ0v) is 12.8. The van der Waals surface area contributed by atoms with Gasteiger partial charge in [-0.2, -0.15) is 0 Å². The van der Waals surface area contributed by atoms with Gasteiger partial charge in [-0.15, -0.1) is 11.3 Å². The molecular formula is C16H18N2O2S. The van der Waals surface area contributed by atoms with Gasteiger partial charge in [0.1, 0.15) is 0 Å². The Labute approximate surface area is 128 Å². The van der Waals surface area contributed by atoms with Crippen molar-refractivity contribution in [3.8, 4) is 0 Å². The fourth-order valence-electron chi connectivity index (χ4n) is 1.93. The molecule has 0 aliphatic rings. The molecule has 0 aliphatic heterocycles. The minimum Gasteiger partial charge on any atom is -0.345 e. The maximum atomic E-state index is 11.7. The topological polar surface area (TPSA) is 59.1 Å². The second-order valence-corrected chi connectivity index (χ2v) is 5.81. The molecule has 0 saturated heterocycles. The summed E-state index contributed by atoms with van der Waals surface area (Å²) in [4.78, 5) is 28.7. The standard InChI is InChI=1S/C16H18N2O2S/c1-12-8-10-21-15(12)11-18-16(20)14(19)7-4-6-13-5-2-3-9-17-13/h2-3,5,8-10H,4,6-7,11H2,1H3,(H,18,20). The molecule has 0 atom stereocenters. The van der Waals surface area contributed by atoms with Gasteiger partial charge < -0.3 is 5.32 Å². The van der Waals surface area contributed by atoms with Crippen LogP contribution in [0.1, 0.15) is 29.0 Å². The zero-order valence-electron chi connectivity index (χ0n) is 12.0. The summed E-state index contributed by atoms with van der Waals surface area (Å²) in [7, 11) is 0. The van der Waals surface area contributed by atoms with Crippen LogP contribution in [0.5, 0.6) is 0 Å². The molecule has 110 valence electrons. The highest BCUT2D eigenvalue weighted by atomic mass is 32.1. The first-order valence-corrected chi connectivity index (χ1v) is 7.78. The maximum absolute atomic E-state index is 11.7. The van der Waals surface area contributed by atoms with Crippen LogP contribution in [0.2, 0.25) is 0 Å². The van der Waals surface area contributed by atoms with Crippen molar-refractivity contribution in [2.75, 3.05) is 0 Å². The van der Waals surface area contributed by atoms with Gasteiger partial charge in [0.2, 0.25) is 5.78 Å². The molecule has 0 aromatic carbocycles. The van der Waals surface area contributed by atoms with E-state index in [1.807, 2.05) is 36.6 Å². The Hall–Kier alpha value is -2.01. The molecule has 0 aliphatic carbocycles. The second kappa shape index (κ2) is 7.69. The molecule has 5 heteroatoms. The molecule has 0 spiro atoms. The van der Waals surface area contributed by atoms with Gasteiger partial charge in [-0.1, -0.05) is 6.07 Å². The third-order valence-electron chi connectivity index (χ3n) is 3.19. The molecule has 21 heavy (non-hydrogen) atoms. The molecule has 0 saturated carbocycles. The largest absolute Gasteiger partial charge is 0.345 e. The summed E-state index contributed by atoms with van der Waals surface area (Å²) in [5, 5.41) is 4.66. The van der Waals surface area contributed by atoms with E-state index in [2.05, 4.69) is 10.3 Å². The van der Waals surface area contributed by atoms with Crippen LogP contribution in [0.4, 0.5) is 0 Å². The first kappa shape index (κ1) is 15.4. The molecule has 0 fully saturated rings. The normalized spacial score (nSPS) is 10.3. The number of hydrogen-bond acceptors (Lipinski definition) is 4. The summed E-state index contributed by atoms with van der Waals surface area (Å²) >= 11 is 1.58. The molecule has 0 radical (unpaired) electrons. The average molecular weight is 302 g/mol. The van der Waals surface area contributed by atoms with Gasteiger partial charge in [-0.25, -0.2) is 0 Å². The van der Waals surface area contributed by atoms with E-state index in [1.165, 1.54) is 0 Å². The molecule has 2 rings (SSSR count). The molecular weight excluding hydrogens is 284 g/mol. The predicted molar refractivity (Wildman–Crippen MR) is 83.1 cm³/mol. The number of aryl methyl sites for hydroxylation is 2. The summed E-state index contributed by atoms with van der Waals surface area (Å²) in [5.74, 6) is -0.857. The number of aromatic nitrogens is 1. The molecule has 0 unspecified atom stereocenters. The van der Waals surface area contributed by atoms with E-state index in [4.69, 9.17) is 0 Å². The number of carbonyl (C=O) groups excluding carboxylic acids is 2. The lowest BCUT2D eigenvalue weighted by molar-refractivity contribution is -0.138. The third kappa shape index (κ3) is 4.79. The number of nitrogens with one attached hydrogen (secondary N) is 1. The number of carbonyl (C=O) groups is 2. The van der Waals surface area contributed by atoms with Crippen LogP contribution in [-0.2, 0) is 22.6 Å². The molecule has 0 bridgehead atoms. The Morgan fingerprint density at radius 1 is 1.29 bits per heavy atom. The number of hydrogen-bond donors (Lipinski definition) is 1. The van der Waals surface area contributed by atoms with Crippen LogP contribution in [0.15, 0.2) is 35.8 Å². The van der Waals surface area contributed by atoms with Crippen molar-refractivity contribution in [1.29, 1.82) is 0 Å². The van der Waals surface area contributed by atoms with E-state index in [9.17, 15) is 9.59 Å². The Morgan fingerprint density at radius 2 is 2.14 bits per heavy atom. The smallest absolute Gasteiger partial charge is 0.287 e. The van der Waals surface area contributed by atoms with E-state index in [-0.39, 0.29) is 12.2 Å². The van der Waals surface area contributed by atoms with Crippen molar-refractivity contribution in [1.82, 2.24) is 10.3 Å². The molecule has 1 N–H and O–H groups in total. The Morgan fingerprint density at radius 3 is 2.81 bits per heavy atom. The Bertz CT molecular complexity index is 608. The Balaban J connectivity index is 1.70. The monoisotopic (exact) mass is 302 g/mol. The van der Waals surface area contributed by atoms with Crippen LogP contribution in [0, 0.1) is 6.92 Å². The number of nitrogens with zero attached hydrogens (tertiary/aromatic N) is 1. The van der Waals surface area contributed by atoms with Crippen molar-refractivity contribution in [3.05, 3.63) is 52.0 Å². The highest BCUT2D eigenvalue weighted by Crippen LogP contribution is 2.14. The summed E-state index contributed by atoms with van der Waals surface area (Å²) in [6, 6.07) is 7.69. The lowest BCUT2D eigenvalue weighted by Gasteiger charge is -2.04. The number of thiophene rings is 1. The highest BCUT2D eigenvalue weighted by Gasteiger charge is 2.13. The number of amides is 1. The molecule has 2 aromatic rings. The maximum Gasteiger partial charge on any atom is 0.287 e. The fourth-order valence-corrected chi connectivity index (χ4v) is 2.78. The summed E-state index contributed by atoms with van der Waals surface area (Å²) in [6.07, 6.45) is 3.34. The first-order valence-electron chi connectivity index (χ1n) is 6.90. The first-order chi connectivity index (χ1) is 10.2. The average Bonchev–Trinajstić information content (AvgIpc) is 2.91. The molecule has 2 aromatic heterocycles. The van der Waals surface area contributed by atoms with Gasteiger partial charge in [0.15, 0.2) is 0 Å². The van der Waals surface area contributed by atoms with Gasteiger partial charge in [0.25, 0.3) is 5.91 Å². The third-order valence-corrected chi connectivity index (χ3v) is 4.22. The van der Waals surface area contributed by atoms with Crippen molar-refractivity contribution < 1.29 is 9.59 Å². The highest BCUT2D eigenvalue weighted by molar-refractivity contribution is 7.10. The SMILES string of the molecule is Cc1ccsc1CNC(=O)C(=O)CCCc1ccccn1.